The molecule has 2 N–H and O–H groups in total. The molecule has 5 fully saturated rings. The number of nitrogens with one attached hydrogen (secondary N) is 2. The lowest BCUT2D eigenvalue weighted by molar-refractivity contribution is -0.166. The van der Waals surface area contributed by atoms with Crippen LogP contribution in [0.15, 0.2) is 0 Å². The number of hydrogen-bond donors (Lipinski definition) is 2. The van der Waals surface area contributed by atoms with E-state index in [4.69, 9.17) is 4.74 Å². The molecular formula is C22H33N3O5. The molecule has 5 aliphatic rings. The summed E-state index contributed by atoms with van der Waals surface area (Å²) in [5, 5.41) is 4.66. The van der Waals surface area contributed by atoms with E-state index in [1.807, 2.05) is 6.92 Å². The van der Waals surface area contributed by atoms with Gasteiger partial charge < -0.3 is 15.0 Å². The Morgan fingerprint density at radius 3 is 2.27 bits per heavy atom. The topological polar surface area (TPSA) is 105 Å². The van der Waals surface area contributed by atoms with Crippen molar-refractivity contribution in [3.63, 3.8) is 0 Å². The van der Waals surface area contributed by atoms with Crippen LogP contribution in [0.4, 0.5) is 4.79 Å². The molecule has 0 unspecified atom stereocenters. The molecule has 1 aliphatic heterocycles. The van der Waals surface area contributed by atoms with Crippen LogP contribution in [0.2, 0.25) is 0 Å². The van der Waals surface area contributed by atoms with Gasteiger partial charge in [0.2, 0.25) is 5.91 Å². The number of nitrogens with zero attached hydrogens (tertiary/aromatic N) is 1. The van der Waals surface area contributed by atoms with Crippen molar-refractivity contribution in [1.82, 2.24) is 15.5 Å². The summed E-state index contributed by atoms with van der Waals surface area (Å²) in [6, 6.07) is -1.22. The molecule has 0 aromatic heterocycles. The van der Waals surface area contributed by atoms with Gasteiger partial charge in [-0.3, -0.25) is 14.9 Å². The van der Waals surface area contributed by atoms with E-state index in [9.17, 15) is 19.2 Å². The predicted molar refractivity (Wildman–Crippen MR) is 108 cm³/mol. The first kappa shape index (κ1) is 21.1. The number of ether oxygens (including phenoxy) is 1. The van der Waals surface area contributed by atoms with E-state index in [1.54, 1.807) is 4.90 Å². The van der Waals surface area contributed by atoms with Crippen LogP contribution in [-0.2, 0) is 19.1 Å². The first-order valence-electron chi connectivity index (χ1n) is 11.5. The van der Waals surface area contributed by atoms with Gasteiger partial charge in [0.25, 0.3) is 5.91 Å². The minimum atomic E-state index is -0.672. The van der Waals surface area contributed by atoms with E-state index in [1.165, 1.54) is 19.3 Å². The predicted octanol–water partition coefficient (Wildman–Crippen LogP) is 1.97. The van der Waals surface area contributed by atoms with Crippen LogP contribution in [0.5, 0.6) is 0 Å². The number of urea groups is 1. The van der Waals surface area contributed by atoms with Gasteiger partial charge in [0.15, 0.2) is 6.61 Å². The lowest BCUT2D eigenvalue weighted by Gasteiger charge is -2.56. The molecule has 166 valence electrons. The number of carbonyl (C=O) groups is 4. The van der Waals surface area contributed by atoms with Gasteiger partial charge in [-0.05, 0) is 75.5 Å². The molecular weight excluding hydrogens is 386 g/mol. The Kier molecular flexibility index (Phi) is 6.02. The summed E-state index contributed by atoms with van der Waals surface area (Å²) in [4.78, 5) is 51.3. The van der Waals surface area contributed by atoms with E-state index >= 15 is 0 Å². The van der Waals surface area contributed by atoms with Crippen LogP contribution in [-0.4, -0.2) is 54.5 Å². The van der Waals surface area contributed by atoms with Gasteiger partial charge in [-0.2, -0.15) is 0 Å². The van der Waals surface area contributed by atoms with Crippen LogP contribution in [0.1, 0.15) is 64.7 Å². The summed E-state index contributed by atoms with van der Waals surface area (Å²) in [5.41, 5.74) is -0.285. The second kappa shape index (κ2) is 8.55. The molecule has 1 saturated heterocycles. The molecule has 4 amide bonds. The van der Waals surface area contributed by atoms with Crippen LogP contribution < -0.4 is 10.6 Å². The molecule has 30 heavy (non-hydrogen) atoms. The van der Waals surface area contributed by atoms with E-state index in [0.717, 1.165) is 32.1 Å². The van der Waals surface area contributed by atoms with Gasteiger partial charge in [-0.15, -0.1) is 0 Å². The highest BCUT2D eigenvalue weighted by Crippen LogP contribution is 2.60. The molecule has 5 rings (SSSR count). The first-order valence-corrected chi connectivity index (χ1v) is 11.5. The van der Waals surface area contributed by atoms with Crippen molar-refractivity contribution < 1.29 is 23.9 Å². The molecule has 0 radical (unpaired) electrons. The molecule has 8 nitrogen and oxygen atoms in total. The van der Waals surface area contributed by atoms with Crippen molar-refractivity contribution in [3.05, 3.63) is 0 Å². The summed E-state index contributed by atoms with van der Waals surface area (Å²) in [7, 11) is 0. The van der Waals surface area contributed by atoms with Crippen molar-refractivity contribution in [2.45, 2.75) is 70.8 Å². The molecule has 4 bridgehead atoms. The molecule has 4 saturated carbocycles. The summed E-state index contributed by atoms with van der Waals surface area (Å²) < 4.78 is 5.17. The van der Waals surface area contributed by atoms with Crippen molar-refractivity contribution >= 4 is 23.8 Å². The Hall–Kier alpha value is -2.12. The zero-order valence-electron chi connectivity index (χ0n) is 17.8. The molecule has 0 aromatic carbocycles. The van der Waals surface area contributed by atoms with Gasteiger partial charge in [0.1, 0.15) is 6.04 Å². The molecule has 4 aliphatic carbocycles. The van der Waals surface area contributed by atoms with Gasteiger partial charge in [-0.25, -0.2) is 9.59 Å². The quantitative estimate of drug-likeness (QED) is 0.641. The smallest absolute Gasteiger partial charge is 0.329 e. The fraction of sp³-hybridized carbons (Fsp3) is 0.818. The summed E-state index contributed by atoms with van der Waals surface area (Å²) in [6.45, 7) is 2.42. The van der Waals surface area contributed by atoms with Crippen molar-refractivity contribution in [1.29, 1.82) is 0 Å². The van der Waals surface area contributed by atoms with Gasteiger partial charge in [0.05, 0.1) is 5.41 Å². The first-order chi connectivity index (χ1) is 14.4. The second-order valence-electron chi connectivity index (χ2n) is 9.77. The second-order valence-corrected chi connectivity index (χ2v) is 9.77. The number of amides is 4. The third-order valence-electron chi connectivity index (χ3n) is 7.41. The summed E-state index contributed by atoms with van der Waals surface area (Å²) in [6.07, 6.45) is 8.77. The Balaban J connectivity index is 1.32. The summed E-state index contributed by atoms with van der Waals surface area (Å²) in [5.74, 6) is 0.898. The molecule has 8 heteroatoms. The van der Waals surface area contributed by atoms with Crippen molar-refractivity contribution in [2.24, 2.45) is 23.2 Å². The van der Waals surface area contributed by atoms with E-state index in [-0.39, 0.29) is 11.3 Å². The largest absolute Gasteiger partial charge is 0.454 e. The standard InChI is InChI=1S/C22H33N3O5/c1-2-5-23-21(29)24-18(26)13-30-19(27)17-4-3-6-25(17)20(28)22-10-14-7-15(11-22)9-16(8-14)12-22/h14-17H,2-13H2,1H3,(H2,23,24,26,29)/t14?,15?,16?,17-,22?/m0/s1. The number of hydrogen-bond acceptors (Lipinski definition) is 5. The van der Waals surface area contributed by atoms with E-state index in [2.05, 4.69) is 10.6 Å². The lowest BCUT2D eigenvalue weighted by atomic mass is 9.49. The Morgan fingerprint density at radius 1 is 1.03 bits per heavy atom. The summed E-state index contributed by atoms with van der Waals surface area (Å²) >= 11 is 0. The third kappa shape index (κ3) is 4.18. The number of rotatable bonds is 6. The fourth-order valence-electron chi connectivity index (χ4n) is 6.61. The van der Waals surface area contributed by atoms with Gasteiger partial charge in [-0.1, -0.05) is 6.92 Å². The number of likely N-dealkylation sites (tertiary alicyclic amines) is 1. The zero-order chi connectivity index (χ0) is 21.3. The molecule has 0 spiro atoms. The van der Waals surface area contributed by atoms with Gasteiger partial charge >= 0.3 is 12.0 Å². The number of esters is 1. The Morgan fingerprint density at radius 2 is 1.67 bits per heavy atom. The normalized spacial score (nSPS) is 34.0. The maximum atomic E-state index is 13.6. The Labute approximate surface area is 177 Å². The maximum Gasteiger partial charge on any atom is 0.329 e. The molecule has 1 heterocycles. The number of carbonyl (C=O) groups excluding carboxylic acids is 4. The van der Waals surface area contributed by atoms with Crippen LogP contribution in [0, 0.1) is 23.2 Å². The average Bonchev–Trinajstić information content (AvgIpc) is 3.18. The highest BCUT2D eigenvalue weighted by atomic mass is 16.5. The van der Waals surface area contributed by atoms with Gasteiger partial charge in [0, 0.05) is 13.1 Å². The fourth-order valence-corrected chi connectivity index (χ4v) is 6.61. The minimum Gasteiger partial charge on any atom is -0.454 e. The van der Waals surface area contributed by atoms with Crippen LogP contribution in [0.3, 0.4) is 0 Å². The maximum absolute atomic E-state index is 13.6. The van der Waals surface area contributed by atoms with Crippen LogP contribution >= 0.6 is 0 Å². The van der Waals surface area contributed by atoms with Crippen molar-refractivity contribution in [3.8, 4) is 0 Å². The monoisotopic (exact) mass is 419 g/mol. The zero-order valence-corrected chi connectivity index (χ0v) is 17.8. The molecule has 0 aromatic rings. The number of imide groups is 1. The highest BCUT2D eigenvalue weighted by molar-refractivity contribution is 5.96. The van der Waals surface area contributed by atoms with E-state index < -0.39 is 30.6 Å². The Bertz CT molecular complexity index is 686. The minimum absolute atomic E-state index is 0.129. The SMILES string of the molecule is CCCNC(=O)NC(=O)COC(=O)[C@@H]1CCCN1C(=O)C12CC3CC(CC(C3)C1)C2. The average molecular weight is 420 g/mol. The van der Waals surface area contributed by atoms with Crippen LogP contribution in [0.25, 0.3) is 0 Å². The third-order valence-corrected chi connectivity index (χ3v) is 7.41. The molecule has 1 atom stereocenters. The van der Waals surface area contributed by atoms with Crippen molar-refractivity contribution in [2.75, 3.05) is 19.7 Å². The lowest BCUT2D eigenvalue weighted by Crippen LogP contribution is -2.56. The highest BCUT2D eigenvalue weighted by Gasteiger charge is 2.57. The van der Waals surface area contributed by atoms with E-state index in [0.29, 0.717) is 37.3 Å².